The van der Waals surface area contributed by atoms with Gasteiger partial charge in [0.1, 0.15) is 5.88 Å². The quantitative estimate of drug-likeness (QED) is 0.582. The molecule has 0 bridgehead atoms. The molecule has 1 N–H and O–H groups in total. The summed E-state index contributed by atoms with van der Waals surface area (Å²) in [5, 5.41) is 3.25. The van der Waals surface area contributed by atoms with E-state index in [4.69, 9.17) is 16.3 Å². The van der Waals surface area contributed by atoms with E-state index in [9.17, 15) is 4.79 Å². The molecule has 0 aromatic rings. The van der Waals surface area contributed by atoms with Crippen LogP contribution in [0, 0.1) is 5.92 Å². The zero-order valence-corrected chi connectivity index (χ0v) is 9.00. The van der Waals surface area contributed by atoms with Crippen molar-refractivity contribution < 1.29 is 9.53 Å². The second-order valence-corrected chi connectivity index (χ2v) is 3.30. The molecule has 5 heteroatoms. The first-order chi connectivity index (χ1) is 5.83. The molecule has 78 valence electrons. The first-order valence-corrected chi connectivity index (χ1v) is 4.78. The van der Waals surface area contributed by atoms with Gasteiger partial charge in [0, 0.05) is 12.5 Å². The fourth-order valence-corrected chi connectivity index (χ4v) is 1.39. The summed E-state index contributed by atoms with van der Waals surface area (Å²) < 4.78 is 4.92. The molecule has 0 aromatic carbocycles. The molecular formula is C8H15Cl2NO2. The standard InChI is InChI=1S/C8H14ClNO2.ClH/c9-4-8(11)12-6-7-2-1-3-10-5-7;/h7,10H,1-6H2;1H. The lowest BCUT2D eigenvalue weighted by atomic mass is 10.0. The van der Waals surface area contributed by atoms with Gasteiger partial charge >= 0.3 is 5.97 Å². The molecule has 1 unspecified atom stereocenters. The first-order valence-electron chi connectivity index (χ1n) is 4.25. The van der Waals surface area contributed by atoms with Crippen LogP contribution in [-0.4, -0.2) is 31.5 Å². The van der Waals surface area contributed by atoms with E-state index in [2.05, 4.69) is 5.32 Å². The minimum atomic E-state index is -0.317. The predicted octanol–water partition coefficient (Wildman–Crippen LogP) is 1.19. The monoisotopic (exact) mass is 227 g/mol. The van der Waals surface area contributed by atoms with E-state index in [1.807, 2.05) is 0 Å². The van der Waals surface area contributed by atoms with Gasteiger partial charge in [-0.25, -0.2) is 0 Å². The Morgan fingerprint density at radius 3 is 2.92 bits per heavy atom. The number of halogens is 2. The molecule has 0 saturated carbocycles. The summed E-state index contributed by atoms with van der Waals surface area (Å²) in [5.41, 5.74) is 0. The molecule has 3 nitrogen and oxygen atoms in total. The van der Waals surface area contributed by atoms with Gasteiger partial charge < -0.3 is 10.1 Å². The predicted molar refractivity (Wildman–Crippen MR) is 54.5 cm³/mol. The maximum absolute atomic E-state index is 10.7. The molecule has 0 amide bonds. The van der Waals surface area contributed by atoms with Crippen molar-refractivity contribution in [1.29, 1.82) is 0 Å². The van der Waals surface area contributed by atoms with Crippen LogP contribution < -0.4 is 5.32 Å². The molecule has 1 atom stereocenters. The number of ether oxygens (including phenoxy) is 1. The highest BCUT2D eigenvalue weighted by Gasteiger charge is 2.14. The second kappa shape index (κ2) is 7.42. The smallest absolute Gasteiger partial charge is 0.320 e. The highest BCUT2D eigenvalue weighted by atomic mass is 35.5. The maximum atomic E-state index is 10.7. The molecule has 1 heterocycles. The molecule has 13 heavy (non-hydrogen) atoms. The van der Waals surface area contributed by atoms with E-state index in [1.165, 1.54) is 6.42 Å². The number of hydrogen-bond acceptors (Lipinski definition) is 3. The number of carbonyl (C=O) groups excluding carboxylic acids is 1. The summed E-state index contributed by atoms with van der Waals surface area (Å²) in [6.07, 6.45) is 2.31. The van der Waals surface area contributed by atoms with Crippen LogP contribution in [0.2, 0.25) is 0 Å². The normalized spacial score (nSPS) is 21.8. The van der Waals surface area contributed by atoms with E-state index >= 15 is 0 Å². The van der Waals surface area contributed by atoms with Gasteiger partial charge in [-0.3, -0.25) is 4.79 Å². The Bertz CT molecular complexity index is 149. The molecule has 1 fully saturated rings. The molecule has 0 aromatic heterocycles. The van der Waals surface area contributed by atoms with Gasteiger partial charge in [0.2, 0.25) is 0 Å². The van der Waals surface area contributed by atoms with Gasteiger partial charge in [-0.15, -0.1) is 24.0 Å². The summed E-state index contributed by atoms with van der Waals surface area (Å²) in [5.74, 6) is 0.119. The fraction of sp³-hybridized carbons (Fsp3) is 0.875. The Morgan fingerprint density at radius 2 is 2.38 bits per heavy atom. The number of esters is 1. The van der Waals surface area contributed by atoms with Crippen LogP contribution in [0.15, 0.2) is 0 Å². The lowest BCUT2D eigenvalue weighted by Crippen LogP contribution is -2.32. The Kier molecular flexibility index (Phi) is 7.42. The third kappa shape index (κ3) is 5.34. The first kappa shape index (κ1) is 13.0. The SMILES string of the molecule is Cl.O=C(CCl)OCC1CCCNC1. The molecule has 0 spiro atoms. The van der Waals surface area contributed by atoms with Crippen LogP contribution in [0.1, 0.15) is 12.8 Å². The summed E-state index contributed by atoms with van der Waals surface area (Å²) >= 11 is 5.28. The Hall–Kier alpha value is 0.01000. The number of carbonyl (C=O) groups is 1. The van der Waals surface area contributed by atoms with Crippen LogP contribution in [0.5, 0.6) is 0 Å². The van der Waals surface area contributed by atoms with Crippen molar-refractivity contribution in [1.82, 2.24) is 5.32 Å². The van der Waals surface area contributed by atoms with Crippen LogP contribution in [0.3, 0.4) is 0 Å². The summed E-state index contributed by atoms with van der Waals surface area (Å²) in [4.78, 5) is 10.7. The average molecular weight is 228 g/mol. The average Bonchev–Trinajstić information content (AvgIpc) is 2.16. The molecule has 0 aliphatic carbocycles. The zero-order valence-electron chi connectivity index (χ0n) is 7.42. The van der Waals surface area contributed by atoms with Gasteiger partial charge in [-0.1, -0.05) is 0 Å². The maximum Gasteiger partial charge on any atom is 0.320 e. The molecule has 1 aliphatic rings. The lowest BCUT2D eigenvalue weighted by Gasteiger charge is -2.21. The van der Waals surface area contributed by atoms with E-state index < -0.39 is 0 Å². The topological polar surface area (TPSA) is 38.3 Å². The third-order valence-electron chi connectivity index (χ3n) is 1.99. The third-order valence-corrected chi connectivity index (χ3v) is 2.21. The largest absolute Gasteiger partial charge is 0.464 e. The van der Waals surface area contributed by atoms with E-state index in [-0.39, 0.29) is 24.3 Å². The van der Waals surface area contributed by atoms with Crippen molar-refractivity contribution in [3.8, 4) is 0 Å². The van der Waals surface area contributed by atoms with Crippen molar-refractivity contribution in [2.24, 2.45) is 5.92 Å². The van der Waals surface area contributed by atoms with Gasteiger partial charge in [0.05, 0.1) is 6.61 Å². The summed E-state index contributed by atoms with van der Waals surface area (Å²) in [7, 11) is 0. The Balaban J connectivity index is 0.00000144. The number of hydrogen-bond donors (Lipinski definition) is 1. The highest BCUT2D eigenvalue weighted by molar-refractivity contribution is 6.26. The van der Waals surface area contributed by atoms with Gasteiger partial charge in [-0.2, -0.15) is 0 Å². The van der Waals surface area contributed by atoms with Gasteiger partial charge in [-0.05, 0) is 19.4 Å². The van der Waals surface area contributed by atoms with E-state index in [0.29, 0.717) is 12.5 Å². The van der Waals surface area contributed by atoms with E-state index in [1.54, 1.807) is 0 Å². The summed E-state index contributed by atoms with van der Waals surface area (Å²) in [6.45, 7) is 2.55. The second-order valence-electron chi connectivity index (χ2n) is 3.03. The highest BCUT2D eigenvalue weighted by Crippen LogP contribution is 2.09. The van der Waals surface area contributed by atoms with Crippen LogP contribution in [0.25, 0.3) is 0 Å². The summed E-state index contributed by atoms with van der Waals surface area (Å²) in [6, 6.07) is 0. The van der Waals surface area contributed by atoms with Crippen LogP contribution >= 0.6 is 24.0 Å². The van der Waals surface area contributed by atoms with Crippen molar-refractivity contribution in [2.45, 2.75) is 12.8 Å². The van der Waals surface area contributed by atoms with Crippen molar-refractivity contribution in [3.63, 3.8) is 0 Å². The van der Waals surface area contributed by atoms with Gasteiger partial charge in [0.15, 0.2) is 0 Å². The minimum Gasteiger partial charge on any atom is -0.464 e. The molecule has 0 radical (unpaired) electrons. The Labute approximate surface area is 89.6 Å². The molecule has 1 rings (SSSR count). The fourth-order valence-electron chi connectivity index (χ4n) is 1.32. The molecule has 1 saturated heterocycles. The number of nitrogens with one attached hydrogen (secondary N) is 1. The lowest BCUT2D eigenvalue weighted by molar-refractivity contribution is -0.142. The van der Waals surface area contributed by atoms with Crippen molar-refractivity contribution in [2.75, 3.05) is 25.6 Å². The minimum absolute atomic E-state index is 0. The van der Waals surface area contributed by atoms with Crippen LogP contribution in [0.4, 0.5) is 0 Å². The van der Waals surface area contributed by atoms with Crippen LogP contribution in [-0.2, 0) is 9.53 Å². The van der Waals surface area contributed by atoms with Gasteiger partial charge in [0.25, 0.3) is 0 Å². The number of piperidine rings is 1. The number of alkyl halides is 1. The molecule has 1 aliphatic heterocycles. The molecular weight excluding hydrogens is 213 g/mol. The van der Waals surface area contributed by atoms with Crippen molar-refractivity contribution >= 4 is 30.0 Å². The number of rotatable bonds is 3. The van der Waals surface area contributed by atoms with Crippen molar-refractivity contribution in [3.05, 3.63) is 0 Å². The Morgan fingerprint density at radius 1 is 1.62 bits per heavy atom. The zero-order chi connectivity index (χ0) is 8.81. The van der Waals surface area contributed by atoms with E-state index in [0.717, 1.165) is 19.5 Å².